The highest BCUT2D eigenvalue weighted by Crippen LogP contribution is 2.27. The van der Waals surface area contributed by atoms with Gasteiger partial charge in [-0.1, -0.05) is 62.4 Å². The number of aryl methyl sites for hydroxylation is 1. The van der Waals surface area contributed by atoms with E-state index in [2.05, 4.69) is 37.1 Å². The lowest BCUT2D eigenvalue weighted by atomic mass is 9.95. The Labute approximate surface area is 149 Å². The summed E-state index contributed by atoms with van der Waals surface area (Å²) < 4.78 is 0. The summed E-state index contributed by atoms with van der Waals surface area (Å²) in [5.74, 6) is 0.117. The lowest BCUT2D eigenvalue weighted by molar-refractivity contribution is 0.0938. The number of carbonyl (C=O) groups is 1. The minimum absolute atomic E-state index is 0.117. The van der Waals surface area contributed by atoms with Crippen LogP contribution in [0.3, 0.4) is 0 Å². The molecule has 0 aliphatic rings. The number of hydrogen-bond acceptors (Lipinski definition) is 2. The van der Waals surface area contributed by atoms with Crippen molar-refractivity contribution in [3.8, 4) is 0 Å². The molecule has 0 spiro atoms. The van der Waals surface area contributed by atoms with Crippen molar-refractivity contribution in [1.82, 2.24) is 10.3 Å². The number of aromatic amines is 1. The maximum absolute atomic E-state index is 13.4. The Morgan fingerprint density at radius 3 is 2.52 bits per heavy atom. The van der Waals surface area contributed by atoms with Crippen LogP contribution in [0.15, 0.2) is 54.7 Å². The van der Waals surface area contributed by atoms with Gasteiger partial charge in [-0.05, 0) is 30.9 Å². The topological polar surface area (TPSA) is 44.9 Å². The van der Waals surface area contributed by atoms with Gasteiger partial charge in [-0.25, -0.2) is 0 Å². The number of hydrogen-bond donors (Lipinski definition) is 2. The molecule has 3 nitrogen and oxygen atoms in total. The van der Waals surface area contributed by atoms with E-state index in [4.69, 9.17) is 0 Å². The Kier molecular flexibility index (Phi) is 5.34. The van der Waals surface area contributed by atoms with Crippen LogP contribution in [-0.2, 0) is 6.42 Å². The van der Waals surface area contributed by atoms with Gasteiger partial charge in [0.05, 0.1) is 6.04 Å². The second kappa shape index (κ2) is 7.66. The lowest BCUT2D eigenvalue weighted by Gasteiger charge is -2.22. The van der Waals surface area contributed by atoms with Gasteiger partial charge in [0.25, 0.3) is 0 Å². The predicted molar refractivity (Wildman–Crippen MR) is 104 cm³/mol. The van der Waals surface area contributed by atoms with Crippen molar-refractivity contribution in [2.24, 2.45) is 0 Å². The summed E-state index contributed by atoms with van der Waals surface area (Å²) in [5.41, 5.74) is 4.08. The highest BCUT2D eigenvalue weighted by atomic mass is 16.1. The fourth-order valence-electron chi connectivity index (χ4n) is 3.24. The average molecular weight is 334 g/mol. The molecule has 3 aromatic rings. The molecule has 25 heavy (non-hydrogen) atoms. The molecular weight excluding hydrogens is 308 g/mol. The largest absolute Gasteiger partial charge is 0.360 e. The Balaban J connectivity index is 2.03. The molecular formula is C22H26N2O. The molecule has 0 aliphatic heterocycles. The number of nitrogens with one attached hydrogen (secondary N) is 2. The van der Waals surface area contributed by atoms with E-state index >= 15 is 0 Å². The summed E-state index contributed by atoms with van der Waals surface area (Å²) in [4.78, 5) is 16.7. The van der Waals surface area contributed by atoms with Crippen molar-refractivity contribution in [3.63, 3.8) is 0 Å². The summed E-state index contributed by atoms with van der Waals surface area (Å²) in [6.07, 6.45) is 3.78. The quantitative estimate of drug-likeness (QED) is 0.594. The van der Waals surface area contributed by atoms with Crippen molar-refractivity contribution < 1.29 is 4.79 Å². The number of H-pyrrole nitrogens is 1. The second-order valence-corrected chi connectivity index (χ2v) is 6.58. The molecule has 130 valence electrons. The molecule has 0 radical (unpaired) electrons. The number of rotatable bonds is 7. The summed E-state index contributed by atoms with van der Waals surface area (Å²) in [6, 6.07) is 16.1. The maximum atomic E-state index is 13.4. The molecule has 1 heterocycles. The van der Waals surface area contributed by atoms with E-state index in [-0.39, 0.29) is 17.9 Å². The van der Waals surface area contributed by atoms with Crippen LogP contribution in [0.25, 0.3) is 10.9 Å². The van der Waals surface area contributed by atoms with Crippen molar-refractivity contribution in [3.05, 3.63) is 71.4 Å². The molecule has 0 amide bonds. The van der Waals surface area contributed by atoms with Crippen LogP contribution in [0.2, 0.25) is 0 Å². The predicted octanol–water partition coefficient (Wildman–Crippen LogP) is 5.04. The molecule has 2 atom stereocenters. The Morgan fingerprint density at radius 1 is 1.08 bits per heavy atom. The average Bonchev–Trinajstić information content (AvgIpc) is 3.10. The molecule has 2 aromatic carbocycles. The highest BCUT2D eigenvalue weighted by Gasteiger charge is 2.25. The zero-order valence-corrected chi connectivity index (χ0v) is 15.2. The zero-order chi connectivity index (χ0) is 17.8. The van der Waals surface area contributed by atoms with E-state index in [0.29, 0.717) is 0 Å². The number of carbonyl (C=O) groups excluding carboxylic acids is 1. The van der Waals surface area contributed by atoms with Crippen LogP contribution in [0.5, 0.6) is 0 Å². The first-order valence-electron chi connectivity index (χ1n) is 9.09. The molecule has 0 saturated heterocycles. The number of Topliss-reactive ketones (excluding diaryl/α,β-unsaturated/α-hetero) is 1. The SMILES string of the molecule is CCc1cccc2c(C(=O)[C@H](N[C@H](C)CC)c3ccccc3)c[nH]c12. The molecule has 3 heteroatoms. The number of aromatic nitrogens is 1. The van der Waals surface area contributed by atoms with Gasteiger partial charge in [-0.15, -0.1) is 0 Å². The third-order valence-electron chi connectivity index (χ3n) is 4.91. The molecule has 0 bridgehead atoms. The summed E-state index contributed by atoms with van der Waals surface area (Å²) in [5, 5.41) is 4.51. The number of ketones is 1. The Hall–Kier alpha value is -2.39. The minimum Gasteiger partial charge on any atom is -0.360 e. The molecule has 0 fully saturated rings. The van der Waals surface area contributed by atoms with E-state index in [1.54, 1.807) is 0 Å². The third-order valence-corrected chi connectivity index (χ3v) is 4.91. The van der Waals surface area contributed by atoms with Gasteiger partial charge in [-0.3, -0.25) is 4.79 Å². The van der Waals surface area contributed by atoms with Gasteiger partial charge in [-0.2, -0.15) is 0 Å². The first kappa shape index (κ1) is 17.4. The van der Waals surface area contributed by atoms with Crippen LogP contribution in [0.1, 0.15) is 54.7 Å². The lowest BCUT2D eigenvalue weighted by Crippen LogP contribution is -2.35. The van der Waals surface area contributed by atoms with Gasteiger partial charge >= 0.3 is 0 Å². The van der Waals surface area contributed by atoms with E-state index in [1.165, 1.54) is 5.56 Å². The molecule has 1 aromatic heterocycles. The van der Waals surface area contributed by atoms with Gasteiger partial charge in [0.1, 0.15) is 0 Å². The standard InChI is InChI=1S/C22H26N2O/c1-4-15(3)24-21(17-10-7-6-8-11-17)22(25)19-14-23-20-16(5-2)12-9-13-18(19)20/h6-15,21,23-24H,4-5H2,1-3H3/t15-,21-/m1/s1. The first-order valence-corrected chi connectivity index (χ1v) is 9.09. The first-order chi connectivity index (χ1) is 12.2. The van der Waals surface area contributed by atoms with Crippen LogP contribution < -0.4 is 5.32 Å². The summed E-state index contributed by atoms with van der Waals surface area (Å²) in [7, 11) is 0. The van der Waals surface area contributed by atoms with Crippen LogP contribution in [0.4, 0.5) is 0 Å². The number of para-hydroxylation sites is 1. The van der Waals surface area contributed by atoms with Crippen LogP contribution in [-0.4, -0.2) is 16.8 Å². The van der Waals surface area contributed by atoms with Crippen LogP contribution >= 0.6 is 0 Å². The number of benzene rings is 2. The minimum atomic E-state index is -0.333. The highest BCUT2D eigenvalue weighted by molar-refractivity contribution is 6.11. The Morgan fingerprint density at radius 2 is 1.84 bits per heavy atom. The smallest absolute Gasteiger partial charge is 0.186 e. The maximum Gasteiger partial charge on any atom is 0.186 e. The molecule has 3 rings (SSSR count). The molecule has 0 unspecified atom stereocenters. The van der Waals surface area contributed by atoms with E-state index in [0.717, 1.165) is 34.9 Å². The molecule has 0 saturated carbocycles. The molecule has 2 N–H and O–H groups in total. The fraction of sp³-hybridized carbons (Fsp3) is 0.318. The van der Waals surface area contributed by atoms with Crippen molar-refractivity contribution in [2.75, 3.05) is 0 Å². The van der Waals surface area contributed by atoms with Crippen LogP contribution in [0, 0.1) is 0 Å². The Bertz CT molecular complexity index is 851. The fourth-order valence-corrected chi connectivity index (χ4v) is 3.24. The summed E-state index contributed by atoms with van der Waals surface area (Å²) in [6.45, 7) is 6.38. The van der Waals surface area contributed by atoms with Gasteiger partial charge in [0.2, 0.25) is 0 Å². The summed E-state index contributed by atoms with van der Waals surface area (Å²) >= 11 is 0. The monoisotopic (exact) mass is 334 g/mol. The van der Waals surface area contributed by atoms with E-state index < -0.39 is 0 Å². The van der Waals surface area contributed by atoms with E-state index in [1.807, 2.05) is 48.7 Å². The molecule has 0 aliphatic carbocycles. The van der Waals surface area contributed by atoms with Gasteiger partial charge in [0.15, 0.2) is 5.78 Å². The third kappa shape index (κ3) is 3.52. The van der Waals surface area contributed by atoms with Gasteiger partial charge in [0, 0.05) is 28.7 Å². The van der Waals surface area contributed by atoms with Gasteiger partial charge < -0.3 is 10.3 Å². The zero-order valence-electron chi connectivity index (χ0n) is 15.2. The van der Waals surface area contributed by atoms with Crippen molar-refractivity contribution >= 4 is 16.7 Å². The van der Waals surface area contributed by atoms with E-state index in [9.17, 15) is 4.79 Å². The van der Waals surface area contributed by atoms with Crippen molar-refractivity contribution in [1.29, 1.82) is 0 Å². The van der Waals surface area contributed by atoms with Crippen molar-refractivity contribution in [2.45, 2.75) is 45.7 Å². The second-order valence-electron chi connectivity index (χ2n) is 6.58. The number of fused-ring (bicyclic) bond motifs is 1. The normalized spacial score (nSPS) is 13.7.